The van der Waals surface area contributed by atoms with Crippen LogP contribution in [0.5, 0.6) is 0 Å². The lowest BCUT2D eigenvalue weighted by molar-refractivity contribution is -0.136. The third-order valence-electron chi connectivity index (χ3n) is 4.30. The van der Waals surface area contributed by atoms with Crippen molar-refractivity contribution in [2.45, 2.75) is 12.3 Å². The van der Waals surface area contributed by atoms with E-state index in [-0.39, 0.29) is 11.7 Å². The number of halogens is 1. The van der Waals surface area contributed by atoms with Gasteiger partial charge in [0.15, 0.2) is 0 Å². The summed E-state index contributed by atoms with van der Waals surface area (Å²) in [6, 6.07) is 23.3. The minimum atomic E-state index is -0.759. The van der Waals surface area contributed by atoms with Gasteiger partial charge in [0.2, 0.25) is 0 Å². The maximum atomic E-state index is 12.1. The summed E-state index contributed by atoms with van der Waals surface area (Å²) in [7, 11) is 0. The van der Waals surface area contributed by atoms with Crippen molar-refractivity contribution < 1.29 is 9.59 Å². The van der Waals surface area contributed by atoms with Gasteiger partial charge in [0.25, 0.3) is 0 Å². The number of anilines is 1. The first-order chi connectivity index (χ1) is 13.6. The molecule has 5 nitrogen and oxygen atoms in total. The predicted molar refractivity (Wildman–Crippen MR) is 110 cm³/mol. The zero-order valence-corrected chi connectivity index (χ0v) is 15.9. The number of aromatic nitrogens is 1. The summed E-state index contributed by atoms with van der Waals surface area (Å²) in [5.41, 5.74) is 2.33. The van der Waals surface area contributed by atoms with E-state index in [2.05, 4.69) is 39.9 Å². The van der Waals surface area contributed by atoms with Gasteiger partial charge in [0, 0.05) is 18.7 Å². The molecule has 3 rings (SSSR count). The van der Waals surface area contributed by atoms with Gasteiger partial charge >= 0.3 is 11.8 Å². The third kappa shape index (κ3) is 5.41. The molecule has 0 bridgehead atoms. The summed E-state index contributed by atoms with van der Waals surface area (Å²) in [6.45, 7) is 0.370. The highest BCUT2D eigenvalue weighted by molar-refractivity contribution is 6.39. The van der Waals surface area contributed by atoms with Crippen LogP contribution in [0.15, 0.2) is 79.0 Å². The molecule has 142 valence electrons. The summed E-state index contributed by atoms with van der Waals surface area (Å²) in [6.07, 6.45) is 2.08. The minimum absolute atomic E-state index is 0.128. The molecule has 0 saturated heterocycles. The molecule has 1 heterocycles. The average Bonchev–Trinajstić information content (AvgIpc) is 2.74. The van der Waals surface area contributed by atoms with E-state index in [1.807, 2.05) is 36.4 Å². The van der Waals surface area contributed by atoms with Crippen molar-refractivity contribution in [3.63, 3.8) is 0 Å². The summed E-state index contributed by atoms with van der Waals surface area (Å²) >= 11 is 5.76. The number of carbonyl (C=O) groups is 2. The van der Waals surface area contributed by atoms with Crippen LogP contribution < -0.4 is 10.6 Å². The number of carbonyl (C=O) groups excluding carboxylic acids is 2. The van der Waals surface area contributed by atoms with Gasteiger partial charge in [-0.3, -0.25) is 9.59 Å². The van der Waals surface area contributed by atoms with Gasteiger partial charge < -0.3 is 10.6 Å². The summed E-state index contributed by atoms with van der Waals surface area (Å²) < 4.78 is 0. The van der Waals surface area contributed by atoms with Gasteiger partial charge in [-0.05, 0) is 29.7 Å². The van der Waals surface area contributed by atoms with Crippen LogP contribution in [0.4, 0.5) is 5.82 Å². The number of hydrogen-bond donors (Lipinski definition) is 2. The molecule has 2 N–H and O–H groups in total. The van der Waals surface area contributed by atoms with Crippen LogP contribution in [-0.2, 0) is 9.59 Å². The van der Waals surface area contributed by atoms with Crippen LogP contribution in [0.1, 0.15) is 23.5 Å². The van der Waals surface area contributed by atoms with Gasteiger partial charge in [0.1, 0.15) is 5.82 Å². The van der Waals surface area contributed by atoms with E-state index < -0.39 is 11.8 Å². The molecule has 28 heavy (non-hydrogen) atoms. The molecular weight excluding hydrogens is 374 g/mol. The van der Waals surface area contributed by atoms with Crippen molar-refractivity contribution in [3.05, 3.63) is 95.1 Å². The first-order valence-electron chi connectivity index (χ1n) is 8.94. The lowest BCUT2D eigenvalue weighted by atomic mass is 9.88. The Morgan fingerprint density at radius 1 is 0.857 bits per heavy atom. The van der Waals surface area contributed by atoms with Crippen molar-refractivity contribution in [3.8, 4) is 0 Å². The maximum absolute atomic E-state index is 12.1. The second kappa shape index (κ2) is 9.67. The molecule has 3 aromatic rings. The minimum Gasteiger partial charge on any atom is -0.348 e. The number of rotatable bonds is 6. The fourth-order valence-electron chi connectivity index (χ4n) is 2.93. The van der Waals surface area contributed by atoms with Gasteiger partial charge in [-0.2, -0.15) is 0 Å². The Morgan fingerprint density at radius 2 is 1.46 bits per heavy atom. The van der Waals surface area contributed by atoms with E-state index in [9.17, 15) is 9.59 Å². The number of benzene rings is 2. The first-order valence-corrected chi connectivity index (χ1v) is 9.32. The van der Waals surface area contributed by atoms with Crippen LogP contribution in [0.25, 0.3) is 0 Å². The van der Waals surface area contributed by atoms with Crippen LogP contribution in [0.3, 0.4) is 0 Å². The largest absolute Gasteiger partial charge is 0.348 e. The lowest BCUT2D eigenvalue weighted by Gasteiger charge is -2.18. The van der Waals surface area contributed by atoms with Crippen molar-refractivity contribution in [2.75, 3.05) is 11.9 Å². The molecule has 0 fully saturated rings. The molecule has 1 aromatic heterocycles. The molecule has 2 amide bonds. The Morgan fingerprint density at radius 3 is 2.00 bits per heavy atom. The maximum Gasteiger partial charge on any atom is 0.314 e. The fraction of sp³-hybridized carbons (Fsp3) is 0.136. The smallest absolute Gasteiger partial charge is 0.314 e. The van der Waals surface area contributed by atoms with Gasteiger partial charge in [0.05, 0.1) is 5.02 Å². The third-order valence-corrected chi connectivity index (χ3v) is 4.52. The molecule has 0 saturated carbocycles. The Bertz CT molecular complexity index is 876. The first kappa shape index (κ1) is 19.6. The Kier molecular flexibility index (Phi) is 6.76. The zero-order valence-electron chi connectivity index (χ0n) is 15.1. The molecule has 0 aliphatic rings. The average molecular weight is 394 g/mol. The van der Waals surface area contributed by atoms with Crippen molar-refractivity contribution in [1.82, 2.24) is 10.3 Å². The molecule has 0 aliphatic heterocycles. The Labute approximate surface area is 168 Å². The number of nitrogens with one attached hydrogen (secondary N) is 2. The second-order valence-corrected chi connectivity index (χ2v) is 6.67. The van der Waals surface area contributed by atoms with Crippen LogP contribution in [0, 0.1) is 0 Å². The molecule has 0 atom stereocenters. The highest BCUT2D eigenvalue weighted by Crippen LogP contribution is 2.27. The van der Waals surface area contributed by atoms with E-state index in [0.717, 1.165) is 11.1 Å². The monoisotopic (exact) mass is 393 g/mol. The fourth-order valence-corrected chi connectivity index (χ4v) is 3.04. The van der Waals surface area contributed by atoms with Crippen molar-refractivity contribution in [1.29, 1.82) is 0 Å². The van der Waals surface area contributed by atoms with Gasteiger partial charge in [-0.15, -0.1) is 0 Å². The lowest BCUT2D eigenvalue weighted by Crippen LogP contribution is -2.36. The topological polar surface area (TPSA) is 71.1 Å². The SMILES string of the molecule is O=C(NCCC(c1ccccc1)c1ccccc1)C(=O)Nc1ccc(Cl)cn1. The summed E-state index contributed by atoms with van der Waals surface area (Å²) in [4.78, 5) is 28.1. The van der Waals surface area contributed by atoms with Gasteiger partial charge in [-0.1, -0.05) is 72.3 Å². The van der Waals surface area contributed by atoms with Crippen LogP contribution in [0.2, 0.25) is 5.02 Å². The Balaban J connectivity index is 1.58. The molecule has 2 aromatic carbocycles. The molecule has 6 heteroatoms. The molecular formula is C22H20ClN3O2. The molecule has 0 radical (unpaired) electrons. The molecule has 0 aliphatic carbocycles. The highest BCUT2D eigenvalue weighted by atomic mass is 35.5. The normalized spacial score (nSPS) is 10.5. The number of nitrogens with zero attached hydrogens (tertiary/aromatic N) is 1. The van der Waals surface area contributed by atoms with Crippen molar-refractivity contribution >= 4 is 29.2 Å². The van der Waals surface area contributed by atoms with Crippen molar-refractivity contribution in [2.24, 2.45) is 0 Å². The summed E-state index contributed by atoms with van der Waals surface area (Å²) in [5, 5.41) is 5.58. The van der Waals surface area contributed by atoms with Crippen LogP contribution in [-0.4, -0.2) is 23.3 Å². The Hall–Kier alpha value is -3.18. The number of pyridine rings is 1. The zero-order chi connectivity index (χ0) is 19.8. The van der Waals surface area contributed by atoms with E-state index in [4.69, 9.17) is 11.6 Å². The number of hydrogen-bond acceptors (Lipinski definition) is 3. The molecule has 0 spiro atoms. The quantitative estimate of drug-likeness (QED) is 0.621. The molecule has 0 unspecified atom stereocenters. The van der Waals surface area contributed by atoms with E-state index in [1.165, 1.54) is 12.3 Å². The standard InChI is InChI=1S/C22H20ClN3O2/c23-18-11-12-20(25-15-18)26-22(28)21(27)24-14-13-19(16-7-3-1-4-8-16)17-9-5-2-6-10-17/h1-12,15,19H,13-14H2,(H,24,27)(H,25,26,28). The highest BCUT2D eigenvalue weighted by Gasteiger charge is 2.17. The predicted octanol–water partition coefficient (Wildman–Crippen LogP) is 4.01. The second-order valence-electron chi connectivity index (χ2n) is 6.23. The summed E-state index contributed by atoms with van der Waals surface area (Å²) in [5.74, 6) is -1.05. The number of amides is 2. The van der Waals surface area contributed by atoms with E-state index in [0.29, 0.717) is 18.0 Å². The van der Waals surface area contributed by atoms with E-state index in [1.54, 1.807) is 6.07 Å². The van der Waals surface area contributed by atoms with Gasteiger partial charge in [-0.25, -0.2) is 4.98 Å². The van der Waals surface area contributed by atoms with E-state index >= 15 is 0 Å². The van der Waals surface area contributed by atoms with Crippen LogP contribution >= 0.6 is 11.6 Å².